The van der Waals surface area contributed by atoms with Gasteiger partial charge in [0, 0.05) is 19.4 Å². The van der Waals surface area contributed by atoms with E-state index in [0.29, 0.717) is 6.54 Å². The van der Waals surface area contributed by atoms with E-state index in [2.05, 4.69) is 25.2 Å². The van der Waals surface area contributed by atoms with Crippen LogP contribution in [0.25, 0.3) is 0 Å². The van der Waals surface area contributed by atoms with Crippen molar-refractivity contribution in [2.24, 2.45) is 0 Å². The zero-order valence-corrected chi connectivity index (χ0v) is 9.71. The summed E-state index contributed by atoms with van der Waals surface area (Å²) in [6.45, 7) is 4.65. The molecule has 0 radical (unpaired) electrons. The van der Waals surface area contributed by atoms with Crippen LogP contribution in [-0.2, 0) is 11.3 Å². The highest BCUT2D eigenvalue weighted by molar-refractivity contribution is 5.76. The van der Waals surface area contributed by atoms with Gasteiger partial charge in [0.1, 0.15) is 0 Å². The number of nitriles is 1. The number of hydrogen-bond acceptors (Lipinski definition) is 2. The highest BCUT2D eigenvalue weighted by atomic mass is 16.1. The SMILES string of the molecule is Cc1ccc(CNC(=O)CCC#N)cc1C. The van der Waals surface area contributed by atoms with Crippen LogP contribution in [0.3, 0.4) is 0 Å². The highest BCUT2D eigenvalue weighted by Crippen LogP contribution is 2.09. The molecule has 0 bridgehead atoms. The molecule has 0 aliphatic carbocycles. The van der Waals surface area contributed by atoms with Gasteiger partial charge in [-0.15, -0.1) is 0 Å². The van der Waals surface area contributed by atoms with Gasteiger partial charge in [0.05, 0.1) is 6.07 Å². The number of amides is 1. The first-order valence-electron chi connectivity index (χ1n) is 5.33. The Labute approximate surface area is 96.1 Å². The fourth-order valence-electron chi connectivity index (χ4n) is 1.37. The summed E-state index contributed by atoms with van der Waals surface area (Å²) < 4.78 is 0. The lowest BCUT2D eigenvalue weighted by molar-refractivity contribution is -0.121. The van der Waals surface area contributed by atoms with Crippen LogP contribution in [0.2, 0.25) is 0 Å². The third kappa shape index (κ3) is 3.74. The van der Waals surface area contributed by atoms with Crippen molar-refractivity contribution in [3.8, 4) is 6.07 Å². The van der Waals surface area contributed by atoms with Gasteiger partial charge in [-0.3, -0.25) is 4.79 Å². The first kappa shape index (κ1) is 12.3. The van der Waals surface area contributed by atoms with E-state index in [0.717, 1.165) is 5.56 Å². The first-order chi connectivity index (χ1) is 7.63. The lowest BCUT2D eigenvalue weighted by atomic mass is 10.1. The molecule has 1 amide bonds. The lowest BCUT2D eigenvalue weighted by Crippen LogP contribution is -2.22. The van der Waals surface area contributed by atoms with Crippen LogP contribution in [0.15, 0.2) is 18.2 Å². The lowest BCUT2D eigenvalue weighted by Gasteiger charge is -2.06. The number of nitrogens with zero attached hydrogens (tertiary/aromatic N) is 1. The second kappa shape index (κ2) is 5.92. The van der Waals surface area contributed by atoms with E-state index < -0.39 is 0 Å². The summed E-state index contributed by atoms with van der Waals surface area (Å²) in [5, 5.41) is 11.1. The van der Waals surface area contributed by atoms with Gasteiger partial charge >= 0.3 is 0 Å². The maximum absolute atomic E-state index is 11.3. The van der Waals surface area contributed by atoms with E-state index in [1.807, 2.05) is 18.2 Å². The van der Waals surface area contributed by atoms with Gasteiger partial charge in [-0.05, 0) is 30.5 Å². The molecule has 1 rings (SSSR count). The van der Waals surface area contributed by atoms with E-state index in [-0.39, 0.29) is 18.7 Å². The summed E-state index contributed by atoms with van der Waals surface area (Å²) in [6.07, 6.45) is 0.556. The highest BCUT2D eigenvalue weighted by Gasteiger charge is 2.01. The Hall–Kier alpha value is -1.82. The van der Waals surface area contributed by atoms with Crippen molar-refractivity contribution < 1.29 is 4.79 Å². The van der Waals surface area contributed by atoms with Gasteiger partial charge < -0.3 is 5.32 Å². The van der Waals surface area contributed by atoms with Crippen LogP contribution < -0.4 is 5.32 Å². The van der Waals surface area contributed by atoms with Crippen molar-refractivity contribution in [1.82, 2.24) is 5.32 Å². The van der Waals surface area contributed by atoms with E-state index in [4.69, 9.17) is 5.26 Å². The molecule has 0 unspecified atom stereocenters. The Morgan fingerprint density at radius 1 is 1.38 bits per heavy atom. The molecule has 1 aromatic rings. The van der Waals surface area contributed by atoms with E-state index in [1.165, 1.54) is 11.1 Å². The smallest absolute Gasteiger partial charge is 0.221 e. The molecule has 0 aromatic heterocycles. The molecule has 3 heteroatoms. The van der Waals surface area contributed by atoms with E-state index in [1.54, 1.807) is 0 Å². The molecular weight excluding hydrogens is 200 g/mol. The fourth-order valence-corrected chi connectivity index (χ4v) is 1.37. The molecule has 0 aliphatic rings. The van der Waals surface area contributed by atoms with Gasteiger partial charge in [0.25, 0.3) is 0 Å². The summed E-state index contributed by atoms with van der Waals surface area (Å²) in [6, 6.07) is 8.08. The normalized spacial score (nSPS) is 9.56. The molecule has 0 saturated carbocycles. The monoisotopic (exact) mass is 216 g/mol. The van der Waals surface area contributed by atoms with Crippen LogP contribution in [0.4, 0.5) is 0 Å². The first-order valence-corrected chi connectivity index (χ1v) is 5.33. The van der Waals surface area contributed by atoms with Crippen molar-refractivity contribution in [2.75, 3.05) is 0 Å². The second-order valence-corrected chi connectivity index (χ2v) is 3.85. The summed E-state index contributed by atoms with van der Waals surface area (Å²) >= 11 is 0. The van der Waals surface area contributed by atoms with Crippen LogP contribution in [0, 0.1) is 25.2 Å². The predicted octanol–water partition coefficient (Wildman–Crippen LogP) is 2.22. The van der Waals surface area contributed by atoms with Gasteiger partial charge in [0.2, 0.25) is 5.91 Å². The van der Waals surface area contributed by atoms with E-state index in [9.17, 15) is 4.79 Å². The van der Waals surface area contributed by atoms with Crippen molar-refractivity contribution in [3.63, 3.8) is 0 Å². The van der Waals surface area contributed by atoms with Crippen LogP contribution in [0.5, 0.6) is 0 Å². The molecule has 0 heterocycles. The molecule has 0 fully saturated rings. The van der Waals surface area contributed by atoms with Crippen LogP contribution >= 0.6 is 0 Å². The molecule has 16 heavy (non-hydrogen) atoms. The summed E-state index contributed by atoms with van der Waals surface area (Å²) in [4.78, 5) is 11.3. The largest absolute Gasteiger partial charge is 0.352 e. The molecule has 3 nitrogen and oxygen atoms in total. The molecule has 0 atom stereocenters. The van der Waals surface area contributed by atoms with E-state index >= 15 is 0 Å². The Morgan fingerprint density at radius 3 is 2.75 bits per heavy atom. The third-order valence-corrected chi connectivity index (χ3v) is 2.52. The quantitative estimate of drug-likeness (QED) is 0.839. The van der Waals surface area contributed by atoms with Gasteiger partial charge in [-0.2, -0.15) is 5.26 Å². The zero-order valence-electron chi connectivity index (χ0n) is 9.71. The Balaban J connectivity index is 2.46. The summed E-state index contributed by atoms with van der Waals surface area (Å²) in [7, 11) is 0. The molecule has 1 aromatic carbocycles. The molecule has 1 N–H and O–H groups in total. The molecule has 84 valence electrons. The van der Waals surface area contributed by atoms with Crippen LogP contribution in [0.1, 0.15) is 29.5 Å². The molecule has 0 spiro atoms. The van der Waals surface area contributed by atoms with Crippen LogP contribution in [-0.4, -0.2) is 5.91 Å². The van der Waals surface area contributed by atoms with Crippen molar-refractivity contribution >= 4 is 5.91 Å². The van der Waals surface area contributed by atoms with Gasteiger partial charge in [-0.25, -0.2) is 0 Å². The summed E-state index contributed by atoms with van der Waals surface area (Å²) in [5.41, 5.74) is 3.57. The number of carbonyl (C=O) groups excluding carboxylic acids is 1. The maximum Gasteiger partial charge on any atom is 0.221 e. The minimum atomic E-state index is -0.0696. The van der Waals surface area contributed by atoms with Crippen molar-refractivity contribution in [3.05, 3.63) is 34.9 Å². The number of nitrogens with one attached hydrogen (secondary N) is 1. The summed E-state index contributed by atoms with van der Waals surface area (Å²) in [5.74, 6) is -0.0696. The number of aryl methyl sites for hydroxylation is 2. The third-order valence-electron chi connectivity index (χ3n) is 2.52. The topological polar surface area (TPSA) is 52.9 Å². The minimum Gasteiger partial charge on any atom is -0.352 e. The van der Waals surface area contributed by atoms with Crippen molar-refractivity contribution in [2.45, 2.75) is 33.2 Å². The average Bonchev–Trinajstić information content (AvgIpc) is 2.28. The van der Waals surface area contributed by atoms with Gasteiger partial charge in [0.15, 0.2) is 0 Å². The molecule has 0 saturated heterocycles. The Bertz CT molecular complexity index is 418. The minimum absolute atomic E-state index is 0.0696. The fraction of sp³-hybridized carbons (Fsp3) is 0.385. The Kier molecular flexibility index (Phi) is 4.53. The zero-order chi connectivity index (χ0) is 12.0. The predicted molar refractivity (Wildman–Crippen MR) is 62.6 cm³/mol. The average molecular weight is 216 g/mol. The Morgan fingerprint density at radius 2 is 2.12 bits per heavy atom. The van der Waals surface area contributed by atoms with Gasteiger partial charge in [-0.1, -0.05) is 18.2 Å². The second-order valence-electron chi connectivity index (χ2n) is 3.85. The number of carbonyl (C=O) groups is 1. The molecule has 0 aliphatic heterocycles. The van der Waals surface area contributed by atoms with Crippen molar-refractivity contribution in [1.29, 1.82) is 5.26 Å². The standard InChI is InChI=1S/C13H16N2O/c1-10-5-6-12(8-11(10)2)9-15-13(16)4-3-7-14/h5-6,8H,3-4,9H2,1-2H3,(H,15,16). The number of rotatable bonds is 4. The number of hydrogen-bond donors (Lipinski definition) is 1. The number of benzene rings is 1. The maximum atomic E-state index is 11.3. The molecular formula is C13H16N2O.